The van der Waals surface area contributed by atoms with E-state index in [1.165, 1.54) is 0 Å². The highest BCUT2D eigenvalue weighted by atomic mass is 35.5. The van der Waals surface area contributed by atoms with Crippen LogP contribution in [0.1, 0.15) is 6.92 Å². The number of benzene rings is 1. The zero-order chi connectivity index (χ0) is 21.7. The molecule has 0 aliphatic carbocycles. The Balaban J connectivity index is 1.97. The largest absolute Gasteiger partial charge is 0.396 e. The van der Waals surface area contributed by atoms with Crippen LogP contribution in [0.5, 0.6) is 0 Å². The lowest BCUT2D eigenvalue weighted by Gasteiger charge is -2.15. The van der Waals surface area contributed by atoms with E-state index in [0.717, 1.165) is 40.6 Å². The summed E-state index contributed by atoms with van der Waals surface area (Å²) in [5.41, 5.74) is 2.81. The first-order valence-corrected chi connectivity index (χ1v) is 14.4. The van der Waals surface area contributed by atoms with Crippen molar-refractivity contribution in [2.45, 2.75) is 39.3 Å². The zero-order valence-corrected chi connectivity index (χ0v) is 19.9. The minimum atomic E-state index is -1.14. The lowest BCUT2D eigenvalue weighted by atomic mass is 10.1. The van der Waals surface area contributed by atoms with Gasteiger partial charge in [-0.3, -0.25) is 0 Å². The molecule has 162 valence electrons. The Kier molecular flexibility index (Phi) is 7.52. The standard InChI is InChI=1S/C22H31ClN4O2Si/c1-16(13-28)11-24-21-20-19(17-6-5-7-18(23)10-17)12-27(22(20)26-14-25-21)15-29-8-9-30(2,3)4/h5-7,10,12,14,16,28H,8-9,11,13,15H2,1-4H3,(H,24,25,26). The number of fused-ring (bicyclic) bond motifs is 1. The van der Waals surface area contributed by atoms with Gasteiger partial charge in [0, 0.05) is 44.6 Å². The maximum absolute atomic E-state index is 9.37. The molecule has 0 radical (unpaired) electrons. The molecule has 0 saturated carbocycles. The summed E-state index contributed by atoms with van der Waals surface area (Å²) in [6.07, 6.45) is 3.62. The maximum atomic E-state index is 9.37. The van der Waals surface area contributed by atoms with Crippen LogP contribution in [0.3, 0.4) is 0 Å². The first-order valence-electron chi connectivity index (χ1n) is 10.3. The molecule has 8 heteroatoms. The van der Waals surface area contributed by atoms with Gasteiger partial charge in [0.15, 0.2) is 0 Å². The molecule has 0 amide bonds. The average Bonchev–Trinajstić information content (AvgIpc) is 3.08. The van der Waals surface area contributed by atoms with Gasteiger partial charge >= 0.3 is 0 Å². The lowest BCUT2D eigenvalue weighted by molar-refractivity contribution is 0.0899. The van der Waals surface area contributed by atoms with Crippen LogP contribution < -0.4 is 5.32 Å². The number of hydrogen-bond donors (Lipinski definition) is 2. The van der Waals surface area contributed by atoms with E-state index in [1.54, 1.807) is 6.33 Å². The van der Waals surface area contributed by atoms with Crippen LogP contribution in [0.15, 0.2) is 36.8 Å². The number of rotatable bonds is 10. The molecule has 1 unspecified atom stereocenters. The van der Waals surface area contributed by atoms with Gasteiger partial charge in [-0.05, 0) is 29.7 Å². The van der Waals surface area contributed by atoms with Crippen LogP contribution in [-0.2, 0) is 11.5 Å². The molecule has 2 aromatic heterocycles. The average molecular weight is 447 g/mol. The number of ether oxygens (including phenoxy) is 1. The minimum absolute atomic E-state index is 0.119. The molecule has 0 fully saturated rings. The smallest absolute Gasteiger partial charge is 0.148 e. The molecule has 2 N–H and O–H groups in total. The number of anilines is 1. The predicted octanol–water partition coefficient (Wildman–Crippen LogP) is 5.10. The molecule has 0 spiro atoms. The number of aromatic nitrogens is 3. The molecule has 1 aromatic carbocycles. The Morgan fingerprint density at radius 3 is 2.77 bits per heavy atom. The third-order valence-corrected chi connectivity index (χ3v) is 6.88. The van der Waals surface area contributed by atoms with Gasteiger partial charge < -0.3 is 19.7 Å². The first-order chi connectivity index (χ1) is 14.3. The molecular formula is C22H31ClN4O2Si. The quantitative estimate of drug-likeness (QED) is 0.334. The fraction of sp³-hybridized carbons (Fsp3) is 0.455. The van der Waals surface area contributed by atoms with Crippen molar-refractivity contribution in [1.82, 2.24) is 14.5 Å². The van der Waals surface area contributed by atoms with E-state index >= 15 is 0 Å². The van der Waals surface area contributed by atoms with Crippen molar-refractivity contribution in [2.24, 2.45) is 5.92 Å². The maximum Gasteiger partial charge on any atom is 0.148 e. The lowest BCUT2D eigenvalue weighted by Crippen LogP contribution is -2.22. The predicted molar refractivity (Wildman–Crippen MR) is 127 cm³/mol. The van der Waals surface area contributed by atoms with Gasteiger partial charge in [-0.1, -0.05) is 50.3 Å². The number of hydrogen-bond acceptors (Lipinski definition) is 5. The zero-order valence-electron chi connectivity index (χ0n) is 18.2. The van der Waals surface area contributed by atoms with E-state index in [0.29, 0.717) is 18.3 Å². The molecule has 3 aromatic rings. The molecular weight excluding hydrogens is 416 g/mol. The monoisotopic (exact) mass is 446 g/mol. The highest BCUT2D eigenvalue weighted by molar-refractivity contribution is 6.76. The van der Waals surface area contributed by atoms with Crippen molar-refractivity contribution in [2.75, 3.05) is 25.1 Å². The second-order valence-corrected chi connectivity index (χ2v) is 15.0. The van der Waals surface area contributed by atoms with Gasteiger partial charge in [-0.25, -0.2) is 9.97 Å². The van der Waals surface area contributed by atoms with E-state index in [4.69, 9.17) is 16.3 Å². The molecule has 30 heavy (non-hydrogen) atoms. The molecule has 3 rings (SSSR count). The van der Waals surface area contributed by atoms with Crippen LogP contribution in [-0.4, -0.2) is 47.5 Å². The molecule has 0 saturated heterocycles. The van der Waals surface area contributed by atoms with Gasteiger partial charge in [0.1, 0.15) is 24.5 Å². The van der Waals surface area contributed by atoms with Crippen molar-refractivity contribution < 1.29 is 9.84 Å². The van der Waals surface area contributed by atoms with E-state index < -0.39 is 8.07 Å². The van der Waals surface area contributed by atoms with Crippen molar-refractivity contribution in [3.8, 4) is 11.1 Å². The molecule has 0 aliphatic heterocycles. The van der Waals surface area contributed by atoms with Gasteiger partial charge in [0.2, 0.25) is 0 Å². The van der Waals surface area contributed by atoms with Crippen LogP contribution in [0, 0.1) is 5.92 Å². The Morgan fingerprint density at radius 2 is 2.07 bits per heavy atom. The summed E-state index contributed by atoms with van der Waals surface area (Å²) >= 11 is 6.26. The molecule has 2 heterocycles. The Hall–Kier alpha value is -1.93. The first kappa shape index (κ1) is 22.7. The van der Waals surface area contributed by atoms with Crippen LogP contribution >= 0.6 is 11.6 Å². The van der Waals surface area contributed by atoms with Gasteiger partial charge in [-0.15, -0.1) is 0 Å². The second-order valence-electron chi connectivity index (χ2n) is 8.96. The van der Waals surface area contributed by atoms with E-state index in [-0.39, 0.29) is 12.5 Å². The van der Waals surface area contributed by atoms with Gasteiger partial charge in [-0.2, -0.15) is 0 Å². The normalized spacial score (nSPS) is 13.0. The van der Waals surface area contributed by atoms with Crippen molar-refractivity contribution in [3.05, 3.63) is 41.8 Å². The Bertz CT molecular complexity index is 987. The van der Waals surface area contributed by atoms with Crippen LogP contribution in [0.25, 0.3) is 22.2 Å². The second kappa shape index (κ2) is 9.92. The summed E-state index contributed by atoms with van der Waals surface area (Å²) in [5.74, 6) is 0.868. The topological polar surface area (TPSA) is 72.2 Å². The van der Waals surface area contributed by atoms with Crippen LogP contribution in [0.2, 0.25) is 30.7 Å². The number of nitrogens with zero attached hydrogens (tertiary/aromatic N) is 3. The molecule has 0 bridgehead atoms. The number of halogens is 1. The van der Waals surface area contributed by atoms with Gasteiger partial charge in [0.05, 0.1) is 5.39 Å². The molecule has 6 nitrogen and oxygen atoms in total. The minimum Gasteiger partial charge on any atom is -0.396 e. The summed E-state index contributed by atoms with van der Waals surface area (Å²) in [5, 5.41) is 14.3. The Labute approximate surface area is 184 Å². The summed E-state index contributed by atoms with van der Waals surface area (Å²) in [4.78, 5) is 9.02. The number of aliphatic hydroxyl groups excluding tert-OH is 1. The highest BCUT2D eigenvalue weighted by Gasteiger charge is 2.18. The van der Waals surface area contributed by atoms with Crippen molar-refractivity contribution in [1.29, 1.82) is 0 Å². The number of nitrogens with one attached hydrogen (secondary N) is 1. The van der Waals surface area contributed by atoms with E-state index in [1.807, 2.05) is 35.8 Å². The van der Waals surface area contributed by atoms with Gasteiger partial charge in [0.25, 0.3) is 0 Å². The third kappa shape index (κ3) is 5.82. The van der Waals surface area contributed by atoms with E-state index in [2.05, 4.69) is 41.1 Å². The van der Waals surface area contributed by atoms with E-state index in [9.17, 15) is 5.11 Å². The molecule has 1 atom stereocenters. The highest BCUT2D eigenvalue weighted by Crippen LogP contribution is 2.34. The summed E-state index contributed by atoms with van der Waals surface area (Å²) in [7, 11) is -1.14. The summed E-state index contributed by atoms with van der Waals surface area (Å²) in [6, 6.07) is 8.90. The van der Waals surface area contributed by atoms with Crippen molar-refractivity contribution in [3.63, 3.8) is 0 Å². The fourth-order valence-corrected chi connectivity index (χ4v) is 4.05. The SMILES string of the molecule is CC(CO)CNc1ncnc2c1c(-c1cccc(Cl)c1)cn2COCC[Si](C)(C)C. The molecule has 0 aliphatic rings. The number of aliphatic hydroxyl groups is 1. The van der Waals surface area contributed by atoms with Crippen LogP contribution in [0.4, 0.5) is 5.82 Å². The summed E-state index contributed by atoms with van der Waals surface area (Å²) < 4.78 is 8.02. The Morgan fingerprint density at radius 1 is 1.27 bits per heavy atom. The summed E-state index contributed by atoms with van der Waals surface area (Å²) in [6.45, 7) is 10.9. The third-order valence-electron chi connectivity index (χ3n) is 4.95. The van der Waals surface area contributed by atoms with Crippen molar-refractivity contribution >= 4 is 36.5 Å². The fourth-order valence-electron chi connectivity index (χ4n) is 3.11.